The summed E-state index contributed by atoms with van der Waals surface area (Å²) >= 11 is 7.49. The summed E-state index contributed by atoms with van der Waals surface area (Å²) in [7, 11) is 2.22. The predicted molar refractivity (Wildman–Crippen MR) is 125 cm³/mol. The smallest absolute Gasteiger partial charge is 0.207 e. The van der Waals surface area contributed by atoms with Gasteiger partial charge in [0.2, 0.25) is 6.41 Å². The van der Waals surface area contributed by atoms with Crippen LogP contribution in [0.3, 0.4) is 0 Å². The Kier molecular flexibility index (Phi) is 15.6. The average Bonchev–Trinajstić information content (AvgIpc) is 3.04. The monoisotopic (exact) mass is 470 g/mol. The molecule has 2 saturated heterocycles. The summed E-state index contributed by atoms with van der Waals surface area (Å²) in [5.74, 6) is -0.486. The van der Waals surface area contributed by atoms with Crippen LogP contribution in [0.4, 0.5) is 0 Å². The molecule has 6 unspecified atom stereocenters. The molecule has 0 aromatic heterocycles. The maximum Gasteiger partial charge on any atom is 0.207 e. The number of halogens is 1. The van der Waals surface area contributed by atoms with Crippen molar-refractivity contribution >= 4 is 29.8 Å². The Balaban J connectivity index is 0.000000502. The first-order valence-electron chi connectivity index (χ1n) is 10.8. The Morgan fingerprint density at radius 3 is 2.33 bits per heavy atom. The van der Waals surface area contributed by atoms with Crippen LogP contribution in [0.15, 0.2) is 0 Å². The van der Waals surface area contributed by atoms with Crippen LogP contribution < -0.4 is 5.32 Å². The highest BCUT2D eigenvalue weighted by molar-refractivity contribution is 7.99. The van der Waals surface area contributed by atoms with Crippen molar-refractivity contribution in [2.75, 3.05) is 26.4 Å². The second-order valence-corrected chi connectivity index (χ2v) is 10.2. The number of likely N-dealkylation sites (tertiary alicyclic amines) is 1. The number of rotatable bonds is 7. The van der Waals surface area contributed by atoms with Crippen LogP contribution in [-0.2, 0) is 9.53 Å². The number of amides is 1. The molecule has 2 aliphatic rings. The number of hydrogen-bond donors (Lipinski definition) is 4. The van der Waals surface area contributed by atoms with Gasteiger partial charge in [0.1, 0.15) is 5.44 Å². The van der Waals surface area contributed by atoms with E-state index < -0.39 is 11.9 Å². The fourth-order valence-corrected chi connectivity index (χ4v) is 4.50. The number of alkyl halides is 1. The van der Waals surface area contributed by atoms with Crippen molar-refractivity contribution in [1.29, 1.82) is 0 Å². The Morgan fingerprint density at radius 1 is 1.33 bits per heavy atom. The van der Waals surface area contributed by atoms with E-state index in [1.165, 1.54) is 58.0 Å². The number of hydrogen-bond acceptors (Lipinski definition) is 7. The molecule has 0 aliphatic carbocycles. The minimum Gasteiger partial charge on any atom is -0.390 e. The SMILES string of the molecule is CC(C)(O)O.CCCC1CCN(C)C1.CSC1OC(C(NC=O)C(C)Cl)CCC1O. The molecule has 0 spiro atoms. The zero-order valence-electron chi connectivity index (χ0n) is 19.4. The number of carbonyl (C=O) groups is 1. The van der Waals surface area contributed by atoms with Gasteiger partial charge >= 0.3 is 0 Å². The highest BCUT2D eigenvalue weighted by atomic mass is 35.5. The molecule has 0 bridgehead atoms. The maximum atomic E-state index is 10.5. The van der Waals surface area contributed by atoms with Gasteiger partial charge in [-0.15, -0.1) is 23.4 Å². The molecule has 0 aromatic carbocycles. The van der Waals surface area contributed by atoms with Crippen molar-refractivity contribution < 1.29 is 24.9 Å². The van der Waals surface area contributed by atoms with Gasteiger partial charge in [0.05, 0.1) is 23.6 Å². The third kappa shape index (κ3) is 14.1. The quantitative estimate of drug-likeness (QED) is 0.257. The van der Waals surface area contributed by atoms with E-state index >= 15 is 0 Å². The molecule has 30 heavy (non-hydrogen) atoms. The Hall–Kier alpha value is -0.0900. The minimum atomic E-state index is -1.50. The molecular formula is C21H43ClN2O5S. The summed E-state index contributed by atoms with van der Waals surface area (Å²) in [4.78, 5) is 12.9. The summed E-state index contributed by atoms with van der Waals surface area (Å²) in [5.41, 5.74) is -0.231. The number of aliphatic hydroxyl groups is 3. The Bertz CT molecular complexity index is 446. The number of nitrogens with zero attached hydrogens (tertiary/aromatic N) is 1. The first-order valence-corrected chi connectivity index (χ1v) is 12.5. The summed E-state index contributed by atoms with van der Waals surface area (Å²) in [5, 5.41) is 28.3. The normalized spacial score (nSPS) is 29.0. The lowest BCUT2D eigenvalue weighted by Gasteiger charge is -2.37. The van der Waals surface area contributed by atoms with Gasteiger partial charge in [-0.3, -0.25) is 4.79 Å². The first kappa shape index (κ1) is 29.9. The van der Waals surface area contributed by atoms with E-state index in [1.807, 2.05) is 13.2 Å². The van der Waals surface area contributed by atoms with Crippen LogP contribution >= 0.6 is 23.4 Å². The lowest BCUT2D eigenvalue weighted by atomic mass is 9.99. The fraction of sp³-hybridized carbons (Fsp3) is 0.952. The van der Waals surface area contributed by atoms with Gasteiger partial charge < -0.3 is 30.3 Å². The molecular weight excluding hydrogens is 428 g/mol. The van der Waals surface area contributed by atoms with Gasteiger partial charge in [-0.25, -0.2) is 0 Å². The van der Waals surface area contributed by atoms with Crippen molar-refractivity contribution in [3.8, 4) is 0 Å². The molecule has 9 heteroatoms. The molecule has 180 valence electrons. The molecule has 2 aliphatic heterocycles. The van der Waals surface area contributed by atoms with Gasteiger partial charge in [0.15, 0.2) is 5.79 Å². The van der Waals surface area contributed by atoms with E-state index in [2.05, 4.69) is 24.2 Å². The predicted octanol–water partition coefficient (Wildman–Crippen LogP) is 2.40. The van der Waals surface area contributed by atoms with Crippen molar-refractivity contribution in [1.82, 2.24) is 10.2 Å². The van der Waals surface area contributed by atoms with Crippen LogP contribution in [0.25, 0.3) is 0 Å². The highest BCUT2D eigenvalue weighted by Gasteiger charge is 2.35. The van der Waals surface area contributed by atoms with E-state index in [-0.39, 0.29) is 23.0 Å². The van der Waals surface area contributed by atoms with E-state index in [0.29, 0.717) is 19.3 Å². The van der Waals surface area contributed by atoms with E-state index in [1.54, 1.807) is 0 Å². The van der Waals surface area contributed by atoms with Crippen LogP contribution in [0.2, 0.25) is 0 Å². The van der Waals surface area contributed by atoms with E-state index in [9.17, 15) is 9.90 Å². The van der Waals surface area contributed by atoms with Gasteiger partial charge in [-0.05, 0) is 72.2 Å². The Labute approximate surface area is 191 Å². The van der Waals surface area contributed by atoms with Crippen LogP contribution in [0.1, 0.15) is 59.8 Å². The zero-order valence-corrected chi connectivity index (χ0v) is 21.0. The number of thioether (sulfide) groups is 1. The number of carbonyl (C=O) groups excluding carboxylic acids is 1. The summed E-state index contributed by atoms with van der Waals surface area (Å²) < 4.78 is 5.73. The molecule has 0 radical (unpaired) electrons. The van der Waals surface area contributed by atoms with Crippen LogP contribution in [0.5, 0.6) is 0 Å². The largest absolute Gasteiger partial charge is 0.390 e. The minimum absolute atomic E-state index is 0.126. The third-order valence-corrected chi connectivity index (χ3v) is 6.11. The van der Waals surface area contributed by atoms with Gasteiger partial charge in [-0.1, -0.05) is 13.3 Å². The lowest BCUT2D eigenvalue weighted by Crippen LogP contribution is -2.51. The van der Waals surface area contributed by atoms with Crippen molar-refractivity contribution in [2.24, 2.45) is 5.92 Å². The Morgan fingerprint density at radius 2 is 1.93 bits per heavy atom. The van der Waals surface area contributed by atoms with Crippen molar-refractivity contribution in [3.05, 3.63) is 0 Å². The molecule has 4 N–H and O–H groups in total. The topological polar surface area (TPSA) is 102 Å². The molecule has 0 aromatic rings. The van der Waals surface area contributed by atoms with Crippen LogP contribution in [0, 0.1) is 5.92 Å². The summed E-state index contributed by atoms with van der Waals surface area (Å²) in [6.45, 7) is 9.36. The molecule has 2 fully saturated rings. The van der Waals surface area contributed by atoms with E-state index in [4.69, 9.17) is 26.6 Å². The van der Waals surface area contributed by atoms with Crippen LogP contribution in [-0.4, -0.2) is 87.9 Å². The third-order valence-electron chi connectivity index (χ3n) is 4.94. The van der Waals surface area contributed by atoms with Crippen molar-refractivity contribution in [3.63, 3.8) is 0 Å². The van der Waals surface area contributed by atoms with Gasteiger partial charge in [0.25, 0.3) is 0 Å². The fourth-order valence-electron chi connectivity index (χ4n) is 3.56. The molecule has 7 nitrogen and oxygen atoms in total. The molecule has 2 rings (SSSR count). The highest BCUT2D eigenvalue weighted by Crippen LogP contribution is 2.29. The first-order chi connectivity index (χ1) is 13.9. The second kappa shape index (κ2) is 15.7. The maximum absolute atomic E-state index is 10.5. The molecule has 1 amide bonds. The van der Waals surface area contributed by atoms with Gasteiger partial charge in [-0.2, -0.15) is 0 Å². The number of nitrogens with one attached hydrogen (secondary N) is 1. The molecule has 6 atom stereocenters. The van der Waals surface area contributed by atoms with Crippen molar-refractivity contribution in [2.45, 2.75) is 94.6 Å². The molecule has 0 saturated carbocycles. The summed E-state index contributed by atoms with van der Waals surface area (Å²) in [6, 6.07) is -0.207. The number of aliphatic hydroxyl groups excluding tert-OH is 1. The van der Waals surface area contributed by atoms with E-state index in [0.717, 1.165) is 5.92 Å². The lowest BCUT2D eigenvalue weighted by molar-refractivity contribution is -0.127. The van der Waals surface area contributed by atoms with Gasteiger partial charge in [0, 0.05) is 6.54 Å². The average molecular weight is 471 g/mol. The summed E-state index contributed by atoms with van der Waals surface area (Å²) in [6.07, 6.45) is 7.59. The standard InChI is InChI=1S/C10H18ClNO3S.C8H17N.C3H8O2/c1-6(11)9(12-5-13)8-4-3-7(14)10(15-8)16-2;1-3-4-8-5-6-9(2)7-8;1-3(2,4)5/h5-10,14H,3-4H2,1-2H3,(H,12,13);8H,3-7H2,1-2H3;4-5H,1-2H3. The zero-order chi connectivity index (χ0) is 23.3. The second-order valence-electron chi connectivity index (χ2n) is 8.61. The molecule has 2 heterocycles. The number of ether oxygens (including phenoxy) is 1.